The Morgan fingerprint density at radius 3 is 2.79 bits per heavy atom. The molecule has 1 aliphatic heterocycles. The zero-order valence-corrected chi connectivity index (χ0v) is 15.5. The second-order valence-corrected chi connectivity index (χ2v) is 7.28. The average Bonchev–Trinajstić information content (AvgIpc) is 3.59. The minimum absolute atomic E-state index is 0.117. The summed E-state index contributed by atoms with van der Waals surface area (Å²) in [4.78, 5) is 43.9. The van der Waals surface area contributed by atoms with Gasteiger partial charge in [0.05, 0.1) is 10.9 Å². The lowest BCUT2D eigenvalue weighted by Gasteiger charge is -2.12. The lowest BCUT2D eigenvalue weighted by molar-refractivity contribution is 0.0953. The second-order valence-electron chi connectivity index (χ2n) is 7.28. The first-order chi connectivity index (χ1) is 13.4. The van der Waals surface area contributed by atoms with Crippen molar-refractivity contribution in [3.63, 3.8) is 0 Å². The van der Waals surface area contributed by atoms with Crippen molar-refractivity contribution in [2.45, 2.75) is 43.7 Å². The number of fused-ring (bicyclic) bond motifs is 1. The van der Waals surface area contributed by atoms with Crippen LogP contribution in [0.3, 0.4) is 0 Å². The first-order valence-corrected chi connectivity index (χ1v) is 9.24. The topological polar surface area (TPSA) is 122 Å². The molecular formula is C19H20N6O3. The van der Waals surface area contributed by atoms with Crippen LogP contribution in [-0.4, -0.2) is 32.6 Å². The molecule has 3 heterocycles. The van der Waals surface area contributed by atoms with E-state index in [1.54, 1.807) is 6.07 Å². The number of aromatic nitrogens is 3. The van der Waals surface area contributed by atoms with Gasteiger partial charge in [-0.05, 0) is 18.9 Å². The maximum atomic E-state index is 12.9. The van der Waals surface area contributed by atoms with Gasteiger partial charge in [-0.1, -0.05) is 0 Å². The highest BCUT2D eigenvalue weighted by Gasteiger charge is 2.38. The summed E-state index contributed by atoms with van der Waals surface area (Å²) in [7, 11) is 1.53. The molecule has 4 rings (SSSR count). The van der Waals surface area contributed by atoms with Crippen molar-refractivity contribution in [1.82, 2.24) is 19.9 Å². The van der Waals surface area contributed by atoms with Gasteiger partial charge in [0.15, 0.2) is 5.66 Å². The maximum Gasteiger partial charge on any atom is 0.329 e. The number of aromatic amines is 1. The van der Waals surface area contributed by atoms with Crippen LogP contribution in [0.4, 0.5) is 0 Å². The van der Waals surface area contributed by atoms with Gasteiger partial charge in [0.2, 0.25) is 0 Å². The summed E-state index contributed by atoms with van der Waals surface area (Å²) in [6, 6.07) is 1.66. The summed E-state index contributed by atoms with van der Waals surface area (Å²) in [5.74, 6) is 2.45. The van der Waals surface area contributed by atoms with Crippen LogP contribution in [0.25, 0.3) is 11.0 Å². The van der Waals surface area contributed by atoms with Crippen molar-refractivity contribution < 1.29 is 4.79 Å². The van der Waals surface area contributed by atoms with Gasteiger partial charge in [-0.25, -0.2) is 9.78 Å². The Morgan fingerprint density at radius 1 is 1.39 bits per heavy atom. The predicted octanol–water partition coefficient (Wildman–Crippen LogP) is 1.19. The van der Waals surface area contributed by atoms with Crippen LogP contribution in [0.5, 0.6) is 0 Å². The molecule has 1 saturated carbocycles. The molecule has 0 aromatic carbocycles. The van der Waals surface area contributed by atoms with E-state index >= 15 is 0 Å². The van der Waals surface area contributed by atoms with E-state index in [0.717, 1.165) is 18.5 Å². The van der Waals surface area contributed by atoms with Crippen molar-refractivity contribution in [1.29, 1.82) is 0 Å². The number of rotatable bonds is 7. The molecule has 0 radical (unpaired) electrons. The van der Waals surface area contributed by atoms with Gasteiger partial charge in [0, 0.05) is 44.5 Å². The fraction of sp³-hybridized carbons (Fsp3) is 0.474. The van der Waals surface area contributed by atoms with Crippen molar-refractivity contribution in [3.05, 3.63) is 38.2 Å². The second kappa shape index (κ2) is 6.71. The number of carbonyl (C=O) groups is 1. The SMILES string of the molecule is C#CCCC1(CCNC(=O)c2cc(C3CC3)nc3c2c(=O)[nH]c(=O)n3C)N=N1. The molecule has 28 heavy (non-hydrogen) atoms. The number of terminal acetylenes is 1. The van der Waals surface area contributed by atoms with Gasteiger partial charge in [0.25, 0.3) is 11.5 Å². The molecule has 144 valence electrons. The van der Waals surface area contributed by atoms with Crippen molar-refractivity contribution in [3.8, 4) is 12.3 Å². The Balaban J connectivity index is 1.61. The fourth-order valence-corrected chi connectivity index (χ4v) is 3.26. The van der Waals surface area contributed by atoms with Gasteiger partial charge < -0.3 is 5.32 Å². The number of carbonyl (C=O) groups excluding carboxylic acids is 1. The quantitative estimate of drug-likeness (QED) is 0.701. The number of amides is 1. The number of nitrogens with one attached hydrogen (secondary N) is 2. The highest BCUT2D eigenvalue weighted by molar-refractivity contribution is 6.05. The van der Waals surface area contributed by atoms with E-state index in [4.69, 9.17) is 6.42 Å². The third-order valence-electron chi connectivity index (χ3n) is 5.19. The normalized spacial score (nSPS) is 16.7. The predicted molar refractivity (Wildman–Crippen MR) is 102 cm³/mol. The summed E-state index contributed by atoms with van der Waals surface area (Å²) in [6.45, 7) is 0.350. The lowest BCUT2D eigenvalue weighted by Crippen LogP contribution is -2.33. The Bertz CT molecular complexity index is 1140. The molecular weight excluding hydrogens is 360 g/mol. The van der Waals surface area contributed by atoms with Crippen LogP contribution < -0.4 is 16.6 Å². The van der Waals surface area contributed by atoms with E-state index in [9.17, 15) is 14.4 Å². The largest absolute Gasteiger partial charge is 0.352 e. The molecule has 0 bridgehead atoms. The first-order valence-electron chi connectivity index (χ1n) is 9.24. The fourth-order valence-electron chi connectivity index (χ4n) is 3.26. The first kappa shape index (κ1) is 18.1. The van der Waals surface area contributed by atoms with E-state index in [1.807, 2.05) is 0 Å². The van der Waals surface area contributed by atoms with Gasteiger partial charge in [-0.2, -0.15) is 10.2 Å². The monoisotopic (exact) mass is 380 g/mol. The number of hydrogen-bond acceptors (Lipinski definition) is 6. The van der Waals surface area contributed by atoms with E-state index in [1.165, 1.54) is 11.6 Å². The molecule has 0 spiro atoms. The molecule has 2 N–H and O–H groups in total. The van der Waals surface area contributed by atoms with E-state index in [0.29, 0.717) is 25.8 Å². The van der Waals surface area contributed by atoms with Crippen LogP contribution >= 0.6 is 0 Å². The highest BCUT2D eigenvalue weighted by Crippen LogP contribution is 2.40. The van der Waals surface area contributed by atoms with Crippen LogP contribution in [0.2, 0.25) is 0 Å². The number of pyridine rings is 1. The molecule has 2 aromatic heterocycles. The average molecular weight is 380 g/mol. The third kappa shape index (κ3) is 3.33. The maximum absolute atomic E-state index is 12.9. The summed E-state index contributed by atoms with van der Waals surface area (Å²) in [5.41, 5.74) is -0.476. The molecule has 2 aliphatic rings. The number of hydrogen-bond donors (Lipinski definition) is 2. The summed E-state index contributed by atoms with van der Waals surface area (Å²) in [5, 5.41) is 11.0. The van der Waals surface area contributed by atoms with Gasteiger partial charge in [-0.3, -0.25) is 19.1 Å². The highest BCUT2D eigenvalue weighted by atomic mass is 16.2. The zero-order chi connectivity index (χ0) is 19.9. The molecule has 0 saturated heterocycles. The molecule has 1 fully saturated rings. The van der Waals surface area contributed by atoms with Gasteiger partial charge >= 0.3 is 5.69 Å². The van der Waals surface area contributed by atoms with Crippen LogP contribution in [0.15, 0.2) is 25.9 Å². The van der Waals surface area contributed by atoms with E-state index in [-0.39, 0.29) is 28.4 Å². The molecule has 9 heteroatoms. The Morgan fingerprint density at radius 2 is 2.14 bits per heavy atom. The van der Waals surface area contributed by atoms with Crippen LogP contribution in [0.1, 0.15) is 54.1 Å². The minimum Gasteiger partial charge on any atom is -0.352 e. The van der Waals surface area contributed by atoms with Crippen molar-refractivity contribution in [2.24, 2.45) is 17.3 Å². The van der Waals surface area contributed by atoms with E-state index in [2.05, 4.69) is 31.4 Å². The van der Waals surface area contributed by atoms with Crippen LogP contribution in [-0.2, 0) is 7.05 Å². The zero-order valence-electron chi connectivity index (χ0n) is 15.5. The third-order valence-corrected chi connectivity index (χ3v) is 5.19. The van der Waals surface area contributed by atoms with E-state index < -0.39 is 16.9 Å². The Labute approximate surface area is 160 Å². The smallest absolute Gasteiger partial charge is 0.329 e. The molecule has 1 amide bonds. The standard InChI is InChI=1S/C19H20N6O3/c1-3-4-7-19(23-24-19)8-9-20-16(26)12-10-13(11-5-6-11)21-15-14(12)17(27)22-18(28)25(15)2/h1,10-11H,4-9H2,2H3,(H,20,26)(H,22,27,28). The van der Waals surface area contributed by atoms with Gasteiger partial charge in [0.1, 0.15) is 5.65 Å². The molecule has 2 aromatic rings. The molecule has 9 nitrogen and oxygen atoms in total. The van der Waals surface area contributed by atoms with Crippen LogP contribution in [0, 0.1) is 12.3 Å². The summed E-state index contributed by atoms with van der Waals surface area (Å²) >= 11 is 0. The Hall–Kier alpha value is -3.28. The number of aryl methyl sites for hydroxylation is 1. The summed E-state index contributed by atoms with van der Waals surface area (Å²) < 4.78 is 1.26. The molecule has 1 aliphatic carbocycles. The lowest BCUT2D eigenvalue weighted by atomic mass is 10.0. The van der Waals surface area contributed by atoms with Crippen molar-refractivity contribution >= 4 is 16.9 Å². The minimum atomic E-state index is -0.615. The van der Waals surface area contributed by atoms with Gasteiger partial charge in [-0.15, -0.1) is 12.3 Å². The Kier molecular flexibility index (Phi) is 4.34. The summed E-state index contributed by atoms with van der Waals surface area (Å²) in [6.07, 6.45) is 9.03. The van der Waals surface area contributed by atoms with Crippen molar-refractivity contribution in [2.75, 3.05) is 6.54 Å². The number of nitrogens with zero attached hydrogens (tertiary/aromatic N) is 4. The molecule has 0 unspecified atom stereocenters. The molecule has 0 atom stereocenters. The number of H-pyrrole nitrogens is 1.